The zero-order chi connectivity index (χ0) is 16.0. The van der Waals surface area contributed by atoms with Crippen LogP contribution in [0.1, 0.15) is 38.3 Å². The topological polar surface area (TPSA) is 29.5 Å². The number of hydrogen-bond donors (Lipinski definition) is 0. The van der Waals surface area contributed by atoms with Crippen LogP contribution in [-0.2, 0) is 9.53 Å². The van der Waals surface area contributed by atoms with Gasteiger partial charge in [0.25, 0.3) is 0 Å². The molecule has 0 radical (unpaired) electrons. The first-order valence-corrected chi connectivity index (χ1v) is 8.01. The molecule has 0 aliphatic heterocycles. The van der Waals surface area contributed by atoms with Crippen LogP contribution in [0.4, 0.5) is 5.69 Å². The van der Waals surface area contributed by atoms with Gasteiger partial charge in [-0.25, -0.2) is 0 Å². The molecule has 2 unspecified atom stereocenters. The quantitative estimate of drug-likeness (QED) is 0.710. The molecule has 0 bridgehead atoms. The Balaban J connectivity index is 3.09. The number of aryl methyl sites for hydroxylation is 2. The number of carbonyl (C=O) groups is 1. The van der Waals surface area contributed by atoms with E-state index < -0.39 is 0 Å². The van der Waals surface area contributed by atoms with Crippen LogP contribution in [0, 0.1) is 13.8 Å². The van der Waals surface area contributed by atoms with Crippen LogP contribution in [0.5, 0.6) is 0 Å². The molecule has 0 aliphatic carbocycles. The van der Waals surface area contributed by atoms with Gasteiger partial charge in [-0.1, -0.05) is 18.2 Å². The Hall–Kier alpha value is -1.06. The van der Waals surface area contributed by atoms with Crippen molar-refractivity contribution >= 4 is 23.2 Å². The number of anilines is 1. The van der Waals surface area contributed by atoms with Crippen LogP contribution in [0.2, 0.25) is 0 Å². The third-order valence-corrected chi connectivity index (χ3v) is 3.86. The van der Waals surface area contributed by atoms with Crippen molar-refractivity contribution in [2.45, 2.75) is 53.2 Å². The van der Waals surface area contributed by atoms with Gasteiger partial charge in [0, 0.05) is 18.3 Å². The molecule has 2 atom stereocenters. The first kappa shape index (κ1) is 18.0. The number of rotatable bonds is 7. The Kier molecular flexibility index (Phi) is 7.20. The van der Waals surface area contributed by atoms with E-state index in [1.54, 1.807) is 0 Å². The Morgan fingerprint density at radius 2 is 1.86 bits per heavy atom. The highest BCUT2D eigenvalue weighted by Gasteiger charge is 2.25. The molecule has 1 rings (SSSR count). The summed E-state index contributed by atoms with van der Waals surface area (Å²) in [6.45, 7) is 10.8. The van der Waals surface area contributed by atoms with Gasteiger partial charge in [0.2, 0.25) is 5.91 Å². The Morgan fingerprint density at radius 3 is 2.33 bits per heavy atom. The van der Waals surface area contributed by atoms with Crippen LogP contribution >= 0.6 is 11.6 Å². The van der Waals surface area contributed by atoms with Crippen molar-refractivity contribution in [3.8, 4) is 0 Å². The standard InChI is InChI=1S/C17H26ClNO2/c1-6-21-15(5)10-14(4)19(16(20)11-18)17-12(2)8-7-9-13(17)3/h7-9,14-15H,6,10-11H2,1-5H3. The summed E-state index contributed by atoms with van der Waals surface area (Å²) in [4.78, 5) is 14.2. The average molecular weight is 312 g/mol. The van der Waals surface area contributed by atoms with Crippen LogP contribution in [0.25, 0.3) is 0 Å². The molecular weight excluding hydrogens is 286 g/mol. The minimum absolute atomic E-state index is 0.0128. The lowest BCUT2D eigenvalue weighted by Crippen LogP contribution is -2.42. The fourth-order valence-corrected chi connectivity index (χ4v) is 2.91. The second kappa shape index (κ2) is 8.40. The molecule has 21 heavy (non-hydrogen) atoms. The fraction of sp³-hybridized carbons (Fsp3) is 0.588. The highest BCUT2D eigenvalue weighted by Crippen LogP contribution is 2.28. The fourth-order valence-electron chi connectivity index (χ4n) is 2.78. The van der Waals surface area contributed by atoms with Crippen LogP contribution < -0.4 is 4.90 Å². The van der Waals surface area contributed by atoms with Crippen molar-refractivity contribution in [3.63, 3.8) is 0 Å². The van der Waals surface area contributed by atoms with Gasteiger partial charge < -0.3 is 9.64 Å². The predicted molar refractivity (Wildman–Crippen MR) is 89.3 cm³/mol. The second-order valence-electron chi connectivity index (χ2n) is 5.49. The molecule has 0 fully saturated rings. The Bertz CT molecular complexity index is 456. The van der Waals surface area contributed by atoms with E-state index in [2.05, 4.69) is 0 Å². The lowest BCUT2D eigenvalue weighted by molar-refractivity contribution is -0.116. The van der Waals surface area contributed by atoms with Gasteiger partial charge in [-0.05, 0) is 52.2 Å². The molecule has 3 nitrogen and oxygen atoms in total. The molecule has 0 aliphatic rings. The molecule has 0 spiro atoms. The summed E-state index contributed by atoms with van der Waals surface area (Å²) in [5.74, 6) is -0.0773. The number of para-hydroxylation sites is 1. The van der Waals surface area contributed by atoms with E-state index in [1.165, 1.54) is 0 Å². The zero-order valence-corrected chi connectivity index (χ0v) is 14.4. The molecule has 0 saturated carbocycles. The maximum atomic E-state index is 12.4. The smallest absolute Gasteiger partial charge is 0.242 e. The Labute approximate surface area is 133 Å². The monoisotopic (exact) mass is 311 g/mol. The highest BCUT2D eigenvalue weighted by atomic mass is 35.5. The first-order valence-electron chi connectivity index (χ1n) is 7.48. The van der Waals surface area contributed by atoms with Crippen molar-refractivity contribution < 1.29 is 9.53 Å². The van der Waals surface area contributed by atoms with E-state index in [1.807, 2.05) is 57.7 Å². The molecular formula is C17H26ClNO2. The molecule has 118 valence electrons. The second-order valence-corrected chi connectivity index (χ2v) is 5.76. The zero-order valence-electron chi connectivity index (χ0n) is 13.6. The predicted octanol–water partition coefficient (Wildman–Crippen LogP) is 4.08. The van der Waals surface area contributed by atoms with Crippen molar-refractivity contribution in [1.82, 2.24) is 0 Å². The SMILES string of the molecule is CCOC(C)CC(C)N(C(=O)CCl)c1c(C)cccc1C. The van der Waals surface area contributed by atoms with Crippen LogP contribution in [-0.4, -0.2) is 30.5 Å². The number of hydrogen-bond acceptors (Lipinski definition) is 2. The van der Waals surface area contributed by atoms with Gasteiger partial charge in [-0.15, -0.1) is 11.6 Å². The van der Waals surface area contributed by atoms with E-state index in [4.69, 9.17) is 16.3 Å². The van der Waals surface area contributed by atoms with Gasteiger partial charge in [0.1, 0.15) is 5.88 Å². The largest absolute Gasteiger partial charge is 0.379 e. The molecule has 0 aromatic heterocycles. The normalized spacial score (nSPS) is 13.8. The lowest BCUT2D eigenvalue weighted by atomic mass is 10.0. The van der Waals surface area contributed by atoms with E-state index in [0.717, 1.165) is 23.2 Å². The van der Waals surface area contributed by atoms with Gasteiger partial charge in [-0.2, -0.15) is 0 Å². The van der Waals surface area contributed by atoms with Crippen molar-refractivity contribution in [3.05, 3.63) is 29.3 Å². The number of halogens is 1. The summed E-state index contributed by atoms with van der Waals surface area (Å²) in [5.41, 5.74) is 3.15. The van der Waals surface area contributed by atoms with Gasteiger partial charge >= 0.3 is 0 Å². The summed E-state index contributed by atoms with van der Waals surface area (Å²) in [6, 6.07) is 6.09. The van der Waals surface area contributed by atoms with Crippen LogP contribution in [0.15, 0.2) is 18.2 Å². The summed E-state index contributed by atoms with van der Waals surface area (Å²) in [5, 5.41) is 0. The minimum atomic E-state index is -0.0646. The summed E-state index contributed by atoms with van der Waals surface area (Å²) in [6.07, 6.45) is 0.893. The van der Waals surface area contributed by atoms with Gasteiger partial charge in [0.05, 0.1) is 6.10 Å². The molecule has 1 aromatic rings. The summed E-state index contributed by atoms with van der Waals surface area (Å²) < 4.78 is 5.60. The Morgan fingerprint density at radius 1 is 1.29 bits per heavy atom. The third kappa shape index (κ3) is 4.72. The third-order valence-electron chi connectivity index (χ3n) is 3.63. The summed E-state index contributed by atoms with van der Waals surface area (Å²) in [7, 11) is 0. The molecule has 4 heteroatoms. The van der Waals surface area contributed by atoms with Crippen molar-refractivity contribution in [2.24, 2.45) is 0 Å². The number of amides is 1. The molecule has 1 aromatic carbocycles. The average Bonchev–Trinajstić information content (AvgIpc) is 2.42. The maximum Gasteiger partial charge on any atom is 0.242 e. The number of ether oxygens (including phenoxy) is 1. The van der Waals surface area contributed by atoms with Gasteiger partial charge in [0.15, 0.2) is 0 Å². The molecule has 0 saturated heterocycles. The minimum Gasteiger partial charge on any atom is -0.379 e. The van der Waals surface area contributed by atoms with Crippen molar-refractivity contribution in [1.29, 1.82) is 0 Å². The van der Waals surface area contributed by atoms with Crippen molar-refractivity contribution in [2.75, 3.05) is 17.4 Å². The van der Waals surface area contributed by atoms with E-state index in [9.17, 15) is 4.79 Å². The summed E-state index contributed by atoms with van der Waals surface area (Å²) >= 11 is 5.82. The number of nitrogens with zero attached hydrogens (tertiary/aromatic N) is 1. The van der Waals surface area contributed by atoms with E-state index >= 15 is 0 Å². The van der Waals surface area contributed by atoms with Crippen LogP contribution in [0.3, 0.4) is 0 Å². The molecule has 0 heterocycles. The maximum absolute atomic E-state index is 12.4. The first-order chi connectivity index (χ1) is 9.92. The number of carbonyl (C=O) groups excluding carboxylic acids is 1. The lowest BCUT2D eigenvalue weighted by Gasteiger charge is -2.33. The number of benzene rings is 1. The van der Waals surface area contributed by atoms with Gasteiger partial charge in [-0.3, -0.25) is 4.79 Å². The molecule has 1 amide bonds. The highest BCUT2D eigenvalue weighted by molar-refractivity contribution is 6.29. The molecule has 0 N–H and O–H groups in total. The van der Waals surface area contributed by atoms with E-state index in [-0.39, 0.29) is 23.9 Å². The number of alkyl halides is 1. The van der Waals surface area contributed by atoms with E-state index in [0.29, 0.717) is 6.61 Å².